The number of oxime groups is 1. The minimum Gasteiger partial charge on any atom is -0.410 e. The summed E-state index contributed by atoms with van der Waals surface area (Å²) in [5, 5.41) is 11.0. The van der Waals surface area contributed by atoms with Gasteiger partial charge >= 0.3 is 0 Å². The van der Waals surface area contributed by atoms with Gasteiger partial charge in [0.15, 0.2) is 5.78 Å². The number of carbonyl (C=O) groups excluding carboxylic acids is 1. The first-order valence-electron chi connectivity index (χ1n) is 3.02. The third kappa shape index (κ3) is 3.19. The molecule has 0 amide bonds. The van der Waals surface area contributed by atoms with Crippen LogP contribution in [-0.4, -0.2) is 29.9 Å². The maximum absolute atomic E-state index is 10.5. The van der Waals surface area contributed by atoms with Gasteiger partial charge in [0, 0.05) is 13.5 Å². The largest absolute Gasteiger partial charge is 0.410 e. The Morgan fingerprint density at radius 2 is 2.30 bits per heavy atom. The highest BCUT2D eigenvalue weighted by molar-refractivity contribution is 6.39. The van der Waals surface area contributed by atoms with E-state index in [1.54, 1.807) is 6.92 Å². The van der Waals surface area contributed by atoms with Gasteiger partial charge in [0.25, 0.3) is 0 Å². The molecule has 0 spiro atoms. The topological polar surface area (TPSA) is 58.9 Å². The molecule has 0 saturated carbocycles. The van der Waals surface area contributed by atoms with Crippen LogP contribution in [0.3, 0.4) is 0 Å². The van der Waals surface area contributed by atoms with Crippen molar-refractivity contribution in [3.63, 3.8) is 0 Å². The second-order valence-corrected chi connectivity index (χ2v) is 1.74. The standard InChI is InChI=1S/C6H11NO3/c1-3-10-4-6(7-9)5(2)8/h9H,3-4H2,1-2H3/b7-6-. The molecule has 0 aliphatic carbocycles. The molecule has 0 rings (SSSR count). The molecule has 0 saturated heterocycles. The average molecular weight is 145 g/mol. The number of ether oxygens (including phenoxy) is 1. The molecule has 4 heteroatoms. The van der Waals surface area contributed by atoms with Crippen LogP contribution in [0.4, 0.5) is 0 Å². The maximum Gasteiger partial charge on any atom is 0.179 e. The average Bonchev–Trinajstić information content (AvgIpc) is 1.89. The van der Waals surface area contributed by atoms with E-state index in [1.807, 2.05) is 0 Å². The Morgan fingerprint density at radius 3 is 2.60 bits per heavy atom. The van der Waals surface area contributed by atoms with E-state index in [0.717, 1.165) is 0 Å². The molecule has 0 bridgehead atoms. The fourth-order valence-corrected chi connectivity index (χ4v) is 0.400. The van der Waals surface area contributed by atoms with Gasteiger partial charge in [-0.1, -0.05) is 5.16 Å². The molecule has 0 heterocycles. The molecular formula is C6H11NO3. The van der Waals surface area contributed by atoms with E-state index >= 15 is 0 Å². The second-order valence-electron chi connectivity index (χ2n) is 1.74. The van der Waals surface area contributed by atoms with Crippen molar-refractivity contribution in [3.8, 4) is 0 Å². The summed E-state index contributed by atoms with van der Waals surface area (Å²) < 4.78 is 4.84. The summed E-state index contributed by atoms with van der Waals surface area (Å²) in [4.78, 5) is 10.5. The van der Waals surface area contributed by atoms with Gasteiger partial charge < -0.3 is 9.94 Å². The van der Waals surface area contributed by atoms with E-state index in [1.165, 1.54) is 6.92 Å². The molecule has 0 aromatic carbocycles. The van der Waals surface area contributed by atoms with Crippen LogP contribution in [0.5, 0.6) is 0 Å². The van der Waals surface area contributed by atoms with E-state index in [9.17, 15) is 4.79 Å². The fourth-order valence-electron chi connectivity index (χ4n) is 0.400. The Morgan fingerprint density at radius 1 is 1.70 bits per heavy atom. The monoisotopic (exact) mass is 145 g/mol. The quantitative estimate of drug-likeness (QED) is 0.355. The number of hydrogen-bond donors (Lipinski definition) is 1. The number of carbonyl (C=O) groups is 1. The molecule has 0 atom stereocenters. The first-order chi connectivity index (χ1) is 4.72. The van der Waals surface area contributed by atoms with Gasteiger partial charge in [-0.25, -0.2) is 0 Å². The highest BCUT2D eigenvalue weighted by Crippen LogP contribution is 1.82. The first kappa shape index (κ1) is 9.10. The van der Waals surface area contributed by atoms with Crippen molar-refractivity contribution in [1.82, 2.24) is 0 Å². The minimum atomic E-state index is -0.268. The molecule has 0 aromatic rings. The third-order valence-corrected chi connectivity index (χ3v) is 0.970. The lowest BCUT2D eigenvalue weighted by Crippen LogP contribution is -2.17. The lowest BCUT2D eigenvalue weighted by atomic mass is 10.3. The van der Waals surface area contributed by atoms with Crippen LogP contribution in [0, 0.1) is 0 Å². The van der Waals surface area contributed by atoms with Gasteiger partial charge in [0.05, 0.1) is 6.61 Å². The Bertz CT molecular complexity index is 142. The van der Waals surface area contributed by atoms with Crippen LogP contribution in [0.25, 0.3) is 0 Å². The summed E-state index contributed by atoms with van der Waals surface area (Å²) in [7, 11) is 0. The minimum absolute atomic E-state index is 0.0573. The van der Waals surface area contributed by atoms with Gasteiger partial charge in [-0.05, 0) is 6.92 Å². The Kier molecular flexibility index (Phi) is 4.49. The van der Waals surface area contributed by atoms with Crippen molar-refractivity contribution in [3.05, 3.63) is 0 Å². The molecule has 0 unspecified atom stereocenters. The SMILES string of the molecule is CCOC/C(=N/O)C(C)=O. The Hall–Kier alpha value is -0.900. The van der Waals surface area contributed by atoms with E-state index < -0.39 is 0 Å². The number of ketones is 1. The van der Waals surface area contributed by atoms with Crippen LogP contribution >= 0.6 is 0 Å². The zero-order valence-corrected chi connectivity index (χ0v) is 6.13. The predicted octanol–water partition coefficient (Wildman–Crippen LogP) is 0.442. The van der Waals surface area contributed by atoms with E-state index in [2.05, 4.69) is 5.16 Å². The highest BCUT2D eigenvalue weighted by Gasteiger charge is 2.04. The molecule has 10 heavy (non-hydrogen) atoms. The van der Waals surface area contributed by atoms with Crippen LogP contribution in [0.1, 0.15) is 13.8 Å². The molecule has 58 valence electrons. The van der Waals surface area contributed by atoms with Gasteiger partial charge in [-0.15, -0.1) is 0 Å². The van der Waals surface area contributed by atoms with Crippen LogP contribution in [0.2, 0.25) is 0 Å². The number of Topliss-reactive ketones (excluding diaryl/α,β-unsaturated/α-hetero) is 1. The maximum atomic E-state index is 10.5. The van der Waals surface area contributed by atoms with Gasteiger partial charge in [0.2, 0.25) is 0 Å². The zero-order chi connectivity index (χ0) is 7.98. The Labute approximate surface area is 59.5 Å². The van der Waals surface area contributed by atoms with Crippen LogP contribution in [-0.2, 0) is 9.53 Å². The lowest BCUT2D eigenvalue weighted by Gasteiger charge is -1.98. The Balaban J connectivity index is 3.74. The van der Waals surface area contributed by atoms with Crippen LogP contribution < -0.4 is 0 Å². The molecule has 4 nitrogen and oxygen atoms in total. The van der Waals surface area contributed by atoms with Crippen molar-refractivity contribution < 1.29 is 14.7 Å². The zero-order valence-electron chi connectivity index (χ0n) is 6.13. The summed E-state index contributed by atoms with van der Waals surface area (Å²) in [6.45, 7) is 3.72. The summed E-state index contributed by atoms with van der Waals surface area (Å²) in [5.41, 5.74) is 0.0573. The number of hydrogen-bond acceptors (Lipinski definition) is 4. The first-order valence-corrected chi connectivity index (χ1v) is 3.02. The molecule has 0 radical (unpaired) electrons. The summed E-state index contributed by atoms with van der Waals surface area (Å²) in [5.74, 6) is -0.268. The van der Waals surface area contributed by atoms with Crippen molar-refractivity contribution in [2.75, 3.05) is 13.2 Å². The summed E-state index contributed by atoms with van der Waals surface area (Å²) in [6.07, 6.45) is 0. The number of rotatable bonds is 4. The smallest absolute Gasteiger partial charge is 0.179 e. The molecule has 0 aromatic heterocycles. The molecule has 0 aliphatic rings. The molecule has 0 fully saturated rings. The highest BCUT2D eigenvalue weighted by atomic mass is 16.5. The van der Waals surface area contributed by atoms with E-state index in [0.29, 0.717) is 6.61 Å². The van der Waals surface area contributed by atoms with Crippen molar-refractivity contribution in [2.45, 2.75) is 13.8 Å². The van der Waals surface area contributed by atoms with Gasteiger partial charge in [-0.2, -0.15) is 0 Å². The summed E-state index contributed by atoms with van der Waals surface area (Å²) in [6, 6.07) is 0. The second kappa shape index (κ2) is 4.93. The van der Waals surface area contributed by atoms with Crippen molar-refractivity contribution in [1.29, 1.82) is 0 Å². The molecule has 1 N–H and O–H groups in total. The third-order valence-electron chi connectivity index (χ3n) is 0.970. The molecular weight excluding hydrogens is 134 g/mol. The lowest BCUT2D eigenvalue weighted by molar-refractivity contribution is -0.111. The van der Waals surface area contributed by atoms with Crippen molar-refractivity contribution in [2.24, 2.45) is 5.16 Å². The fraction of sp³-hybridized carbons (Fsp3) is 0.667. The summed E-state index contributed by atoms with van der Waals surface area (Å²) >= 11 is 0. The van der Waals surface area contributed by atoms with Gasteiger partial charge in [-0.3, -0.25) is 4.79 Å². The van der Waals surface area contributed by atoms with Gasteiger partial charge in [0.1, 0.15) is 5.71 Å². The molecule has 0 aliphatic heterocycles. The van der Waals surface area contributed by atoms with Crippen LogP contribution in [0.15, 0.2) is 5.16 Å². The van der Waals surface area contributed by atoms with E-state index in [4.69, 9.17) is 9.94 Å². The predicted molar refractivity (Wildman–Crippen MR) is 36.4 cm³/mol. The van der Waals surface area contributed by atoms with Crippen molar-refractivity contribution >= 4 is 11.5 Å². The van der Waals surface area contributed by atoms with E-state index in [-0.39, 0.29) is 18.1 Å². The number of nitrogens with zero attached hydrogens (tertiary/aromatic N) is 1. The normalized spacial score (nSPS) is 11.6.